The molecule has 2 aromatic rings. The molecule has 4 atom stereocenters. The lowest BCUT2D eigenvalue weighted by Gasteiger charge is -2.24. The van der Waals surface area contributed by atoms with E-state index < -0.39 is 48.3 Å². The number of amides is 1. The first-order valence-electron chi connectivity index (χ1n) is 10.4. The Labute approximate surface area is 195 Å². The number of aromatic nitrogens is 2. The number of rotatable bonds is 7. The van der Waals surface area contributed by atoms with Crippen molar-refractivity contribution in [3.8, 4) is 0 Å². The molecule has 1 saturated heterocycles. The van der Waals surface area contributed by atoms with Gasteiger partial charge in [0.15, 0.2) is 18.4 Å². The Kier molecular flexibility index (Phi) is 7.79. The zero-order valence-electron chi connectivity index (χ0n) is 18.9. The maximum Gasteiger partial charge on any atom is 0.413 e. The van der Waals surface area contributed by atoms with Crippen LogP contribution >= 0.6 is 0 Å². The molecule has 1 aromatic heterocycles. The first kappa shape index (κ1) is 24.6. The minimum absolute atomic E-state index is 0.0303. The van der Waals surface area contributed by atoms with Gasteiger partial charge in [0.1, 0.15) is 12.4 Å². The van der Waals surface area contributed by atoms with E-state index in [9.17, 15) is 19.2 Å². The highest BCUT2D eigenvalue weighted by atomic mass is 16.6. The Balaban J connectivity index is 1.83. The average Bonchev–Trinajstić information content (AvgIpc) is 3.07. The molecule has 11 nitrogen and oxygen atoms in total. The number of hydrogen-bond donors (Lipinski definition) is 1. The van der Waals surface area contributed by atoms with E-state index in [2.05, 4.69) is 16.9 Å². The Bertz CT molecular complexity index is 1130. The fourth-order valence-electron chi connectivity index (χ4n) is 3.47. The summed E-state index contributed by atoms with van der Waals surface area (Å²) >= 11 is 0. The normalized spacial score (nSPS) is 21.4. The van der Waals surface area contributed by atoms with Crippen molar-refractivity contribution in [2.75, 3.05) is 5.32 Å². The van der Waals surface area contributed by atoms with Crippen molar-refractivity contribution in [2.45, 2.75) is 51.9 Å². The van der Waals surface area contributed by atoms with E-state index in [0.29, 0.717) is 0 Å². The summed E-state index contributed by atoms with van der Waals surface area (Å²) in [5.41, 5.74) is 0.267. The number of anilines is 1. The minimum atomic E-state index is -1.12. The molecule has 180 valence electrons. The maximum absolute atomic E-state index is 12.8. The van der Waals surface area contributed by atoms with E-state index in [1.165, 1.54) is 26.1 Å². The predicted molar refractivity (Wildman–Crippen MR) is 120 cm³/mol. The summed E-state index contributed by atoms with van der Waals surface area (Å²) < 4.78 is 22.6. The highest BCUT2D eigenvalue weighted by Gasteiger charge is 2.48. The molecule has 2 heterocycles. The van der Waals surface area contributed by atoms with Gasteiger partial charge < -0.3 is 18.9 Å². The number of nitrogens with one attached hydrogen (secondary N) is 1. The van der Waals surface area contributed by atoms with Crippen molar-refractivity contribution >= 4 is 29.9 Å². The van der Waals surface area contributed by atoms with Crippen molar-refractivity contribution in [1.29, 1.82) is 0 Å². The van der Waals surface area contributed by atoms with Gasteiger partial charge in [-0.1, -0.05) is 43.0 Å². The minimum Gasteiger partial charge on any atom is -0.456 e. The lowest BCUT2D eigenvalue weighted by molar-refractivity contribution is -0.165. The lowest BCUT2D eigenvalue weighted by atomic mass is 10.1. The second-order valence-corrected chi connectivity index (χ2v) is 7.51. The van der Waals surface area contributed by atoms with Crippen LogP contribution in [0.25, 0.3) is 6.08 Å². The van der Waals surface area contributed by atoms with Gasteiger partial charge in [0.25, 0.3) is 0 Å². The first-order chi connectivity index (χ1) is 16.2. The van der Waals surface area contributed by atoms with Crippen LogP contribution in [0.2, 0.25) is 0 Å². The highest BCUT2D eigenvalue weighted by molar-refractivity contribution is 5.85. The molecule has 0 aliphatic carbocycles. The van der Waals surface area contributed by atoms with Crippen LogP contribution < -0.4 is 11.0 Å². The van der Waals surface area contributed by atoms with Crippen LogP contribution in [0.3, 0.4) is 0 Å². The van der Waals surface area contributed by atoms with Crippen molar-refractivity contribution in [3.63, 3.8) is 0 Å². The largest absolute Gasteiger partial charge is 0.456 e. The zero-order valence-corrected chi connectivity index (χ0v) is 18.9. The Hall–Kier alpha value is -3.99. The van der Waals surface area contributed by atoms with Crippen molar-refractivity contribution in [1.82, 2.24) is 9.55 Å². The number of benzene rings is 1. The molecule has 1 amide bonds. The van der Waals surface area contributed by atoms with Gasteiger partial charge in [-0.05, 0) is 12.5 Å². The second-order valence-electron chi connectivity index (χ2n) is 7.51. The number of carbonyl (C=O) groups is 3. The summed E-state index contributed by atoms with van der Waals surface area (Å²) in [6.07, 6.45) is -1.92. The second kappa shape index (κ2) is 10.8. The third-order valence-electron chi connectivity index (χ3n) is 4.93. The molecule has 1 aliphatic heterocycles. The molecule has 0 saturated carbocycles. The molecule has 1 fully saturated rings. The fourth-order valence-corrected chi connectivity index (χ4v) is 3.47. The van der Waals surface area contributed by atoms with Gasteiger partial charge in [0, 0.05) is 25.6 Å². The van der Waals surface area contributed by atoms with Crippen molar-refractivity contribution in [3.05, 3.63) is 64.7 Å². The molecule has 0 bridgehead atoms. The van der Waals surface area contributed by atoms with Crippen LogP contribution in [0.4, 0.5) is 10.6 Å². The van der Waals surface area contributed by atoms with Crippen LogP contribution in [-0.2, 0) is 35.1 Å². The maximum atomic E-state index is 12.8. The van der Waals surface area contributed by atoms with Gasteiger partial charge >= 0.3 is 23.7 Å². The average molecular weight is 471 g/mol. The number of ether oxygens (including phenoxy) is 4. The molecule has 3 rings (SSSR count). The number of nitrogens with zero attached hydrogens (tertiary/aromatic N) is 2. The Morgan fingerprint density at radius 3 is 2.41 bits per heavy atom. The predicted octanol–water partition coefficient (Wildman–Crippen LogP) is 2.42. The van der Waals surface area contributed by atoms with Crippen LogP contribution in [0.15, 0.2) is 47.9 Å². The summed E-state index contributed by atoms with van der Waals surface area (Å²) in [7, 11) is 0. The van der Waals surface area contributed by atoms with E-state index in [0.717, 1.165) is 10.1 Å². The van der Waals surface area contributed by atoms with Crippen LogP contribution in [0.1, 0.15) is 38.1 Å². The van der Waals surface area contributed by atoms with Gasteiger partial charge in [-0.25, -0.2) is 9.59 Å². The van der Waals surface area contributed by atoms with Gasteiger partial charge in [0.05, 0.1) is 6.10 Å². The molecule has 11 heteroatoms. The van der Waals surface area contributed by atoms with Gasteiger partial charge in [0.2, 0.25) is 0 Å². The SMILES string of the molecule is C=Cc1cn([C@@H]2O[C@H](C)[C@@H](OC(C)=O)[C@H]2OC(C)=O)c(=O)nc1NC(=O)OCc1ccccc1. The zero-order chi connectivity index (χ0) is 24.8. The number of esters is 2. The molecule has 1 N–H and O–H groups in total. The fraction of sp³-hybridized carbons (Fsp3) is 0.348. The first-order valence-corrected chi connectivity index (χ1v) is 10.4. The lowest BCUT2D eigenvalue weighted by Crippen LogP contribution is -2.40. The third kappa shape index (κ3) is 5.87. The van der Waals surface area contributed by atoms with E-state index >= 15 is 0 Å². The van der Waals surface area contributed by atoms with Gasteiger partial charge in [-0.2, -0.15) is 4.98 Å². The molecule has 0 spiro atoms. The molecule has 1 aromatic carbocycles. The van der Waals surface area contributed by atoms with E-state index in [1.807, 2.05) is 18.2 Å². The smallest absolute Gasteiger partial charge is 0.413 e. The Morgan fingerprint density at radius 1 is 1.15 bits per heavy atom. The summed E-state index contributed by atoms with van der Waals surface area (Å²) in [6.45, 7) is 7.74. The molecule has 1 aliphatic rings. The quantitative estimate of drug-likeness (QED) is 0.477. The van der Waals surface area contributed by atoms with Crippen molar-refractivity contribution in [2.24, 2.45) is 0 Å². The summed E-state index contributed by atoms with van der Waals surface area (Å²) in [5.74, 6) is -1.31. The summed E-state index contributed by atoms with van der Waals surface area (Å²) in [5, 5.41) is 2.43. The van der Waals surface area contributed by atoms with Gasteiger partial charge in [-0.3, -0.25) is 19.5 Å². The van der Waals surface area contributed by atoms with Crippen molar-refractivity contribution < 1.29 is 33.3 Å². The molecular formula is C23H25N3O8. The van der Waals surface area contributed by atoms with Gasteiger partial charge in [-0.15, -0.1) is 0 Å². The highest BCUT2D eigenvalue weighted by Crippen LogP contribution is 2.33. The summed E-state index contributed by atoms with van der Waals surface area (Å²) in [4.78, 5) is 52.1. The molecular weight excluding hydrogens is 446 g/mol. The number of carbonyl (C=O) groups excluding carboxylic acids is 3. The van der Waals surface area contributed by atoms with E-state index in [4.69, 9.17) is 18.9 Å². The van der Waals surface area contributed by atoms with Crippen LogP contribution in [0.5, 0.6) is 0 Å². The summed E-state index contributed by atoms with van der Waals surface area (Å²) in [6, 6.07) is 9.07. The van der Waals surface area contributed by atoms with Crippen LogP contribution in [0, 0.1) is 0 Å². The molecule has 0 radical (unpaired) electrons. The van der Waals surface area contributed by atoms with E-state index in [1.54, 1.807) is 19.1 Å². The standard InChI is InChI=1S/C23H25N3O8/c1-5-17-11-26(21-19(34-15(4)28)18(13(2)32-21)33-14(3)27)22(29)24-20(17)25-23(30)31-12-16-9-7-6-8-10-16/h5-11,13,18-19,21H,1,12H2,2-4H3,(H,24,25,29,30)/t13-,18-,19-,21-/m1/s1. The van der Waals surface area contributed by atoms with E-state index in [-0.39, 0.29) is 18.0 Å². The third-order valence-corrected chi connectivity index (χ3v) is 4.93. The molecule has 34 heavy (non-hydrogen) atoms. The topological polar surface area (TPSA) is 135 Å². The van der Waals surface area contributed by atoms with Crippen LogP contribution in [-0.4, -0.2) is 45.9 Å². The molecule has 0 unspecified atom stereocenters. The monoisotopic (exact) mass is 471 g/mol. The Morgan fingerprint density at radius 2 is 1.79 bits per heavy atom. The number of hydrogen-bond acceptors (Lipinski definition) is 9.